The zero-order valence-corrected chi connectivity index (χ0v) is 21.3. The lowest BCUT2D eigenvalue weighted by Gasteiger charge is -2.28. The SMILES string of the molecule is CCC(C)C(NC(=O)C(CCC(=O)O)NC(=O)C(N)C(C)C)C(=O)NC(CCCN=C(N)N)C(=O)O. The van der Waals surface area contributed by atoms with Crippen molar-refractivity contribution in [1.29, 1.82) is 0 Å². The molecular formula is C22H41N7O7. The van der Waals surface area contributed by atoms with E-state index in [1.165, 1.54) is 0 Å². The average Bonchev–Trinajstić information content (AvgIpc) is 2.79. The molecule has 206 valence electrons. The van der Waals surface area contributed by atoms with Crippen molar-refractivity contribution in [2.45, 2.75) is 84.0 Å². The lowest BCUT2D eigenvalue weighted by Crippen LogP contribution is -2.59. The molecule has 36 heavy (non-hydrogen) atoms. The standard InChI is InChI=1S/C22H41N7O7/c1-5-12(4)17(20(34)28-14(21(35)36)7-6-10-26-22(24)25)29-18(32)13(8-9-15(30)31)27-19(33)16(23)11(2)3/h11-14,16-17H,5-10,23H2,1-4H3,(H,27,33)(H,28,34)(H,29,32)(H,30,31)(H,35,36)(H4,24,25,26). The smallest absolute Gasteiger partial charge is 0.326 e. The van der Waals surface area contributed by atoms with Crippen molar-refractivity contribution < 1.29 is 34.2 Å². The van der Waals surface area contributed by atoms with E-state index in [2.05, 4.69) is 20.9 Å². The molecule has 0 spiro atoms. The second-order valence-corrected chi connectivity index (χ2v) is 8.98. The summed E-state index contributed by atoms with van der Waals surface area (Å²) < 4.78 is 0. The summed E-state index contributed by atoms with van der Waals surface area (Å²) >= 11 is 0. The van der Waals surface area contributed by atoms with Gasteiger partial charge in [0.1, 0.15) is 18.1 Å². The van der Waals surface area contributed by atoms with Crippen LogP contribution in [0.5, 0.6) is 0 Å². The zero-order valence-electron chi connectivity index (χ0n) is 21.3. The lowest BCUT2D eigenvalue weighted by molar-refractivity contribution is -0.143. The van der Waals surface area contributed by atoms with E-state index in [4.69, 9.17) is 22.3 Å². The summed E-state index contributed by atoms with van der Waals surface area (Å²) in [7, 11) is 0. The molecule has 0 aromatic carbocycles. The molecule has 3 amide bonds. The Hall–Kier alpha value is -3.42. The number of aliphatic imine (C=N–C) groups is 1. The monoisotopic (exact) mass is 515 g/mol. The Morgan fingerprint density at radius 2 is 1.44 bits per heavy atom. The minimum Gasteiger partial charge on any atom is -0.481 e. The predicted molar refractivity (Wildman–Crippen MR) is 132 cm³/mol. The molecule has 0 radical (unpaired) electrons. The van der Waals surface area contributed by atoms with E-state index >= 15 is 0 Å². The molecule has 14 heteroatoms. The summed E-state index contributed by atoms with van der Waals surface area (Å²) in [5.41, 5.74) is 16.3. The highest BCUT2D eigenvalue weighted by Crippen LogP contribution is 2.11. The van der Waals surface area contributed by atoms with Crippen molar-refractivity contribution in [3.8, 4) is 0 Å². The Bertz CT molecular complexity index is 800. The Morgan fingerprint density at radius 3 is 1.92 bits per heavy atom. The number of amides is 3. The van der Waals surface area contributed by atoms with Crippen LogP contribution in [-0.2, 0) is 24.0 Å². The van der Waals surface area contributed by atoms with Gasteiger partial charge in [-0.15, -0.1) is 0 Å². The highest BCUT2D eigenvalue weighted by molar-refractivity contribution is 5.94. The molecule has 0 aliphatic carbocycles. The third-order valence-electron chi connectivity index (χ3n) is 5.65. The third-order valence-corrected chi connectivity index (χ3v) is 5.65. The largest absolute Gasteiger partial charge is 0.481 e. The fourth-order valence-electron chi connectivity index (χ4n) is 3.09. The van der Waals surface area contributed by atoms with Crippen molar-refractivity contribution >= 4 is 35.6 Å². The maximum atomic E-state index is 13.0. The highest BCUT2D eigenvalue weighted by Gasteiger charge is 2.33. The first-order chi connectivity index (χ1) is 16.7. The summed E-state index contributed by atoms with van der Waals surface area (Å²) in [4.78, 5) is 64.9. The van der Waals surface area contributed by atoms with E-state index in [1.54, 1.807) is 27.7 Å². The Kier molecular flexibility index (Phi) is 14.7. The first-order valence-electron chi connectivity index (χ1n) is 11.9. The van der Waals surface area contributed by atoms with Crippen LogP contribution >= 0.6 is 0 Å². The molecule has 0 rings (SSSR count). The summed E-state index contributed by atoms with van der Waals surface area (Å²) in [5, 5.41) is 26.0. The second kappa shape index (κ2) is 16.3. The summed E-state index contributed by atoms with van der Waals surface area (Å²) in [6.45, 7) is 7.09. The maximum absolute atomic E-state index is 13.0. The molecule has 11 N–H and O–H groups in total. The number of carboxylic acid groups (broad SMARTS) is 2. The number of nitrogens with one attached hydrogen (secondary N) is 3. The van der Waals surface area contributed by atoms with Gasteiger partial charge in [0.15, 0.2) is 5.96 Å². The number of rotatable bonds is 17. The van der Waals surface area contributed by atoms with Gasteiger partial charge in [-0.2, -0.15) is 0 Å². The molecule has 0 bridgehead atoms. The van der Waals surface area contributed by atoms with Crippen LogP contribution in [0, 0.1) is 11.8 Å². The minimum atomic E-state index is -1.27. The van der Waals surface area contributed by atoms with Crippen LogP contribution in [0.2, 0.25) is 0 Å². The van der Waals surface area contributed by atoms with Gasteiger partial charge in [-0.1, -0.05) is 34.1 Å². The fraction of sp³-hybridized carbons (Fsp3) is 0.727. The molecule has 0 fully saturated rings. The Morgan fingerprint density at radius 1 is 0.861 bits per heavy atom. The predicted octanol–water partition coefficient (Wildman–Crippen LogP) is -1.53. The number of hydrogen-bond acceptors (Lipinski definition) is 7. The van der Waals surface area contributed by atoms with E-state index in [0.717, 1.165) is 0 Å². The summed E-state index contributed by atoms with van der Waals surface area (Å²) in [6, 6.07) is -4.56. The van der Waals surface area contributed by atoms with E-state index in [-0.39, 0.29) is 37.7 Å². The molecule has 14 nitrogen and oxygen atoms in total. The van der Waals surface area contributed by atoms with Crippen LogP contribution in [0.1, 0.15) is 59.8 Å². The van der Waals surface area contributed by atoms with E-state index in [1.807, 2.05) is 0 Å². The Balaban J connectivity index is 5.57. The number of hydrogen-bond donors (Lipinski definition) is 8. The molecule has 0 heterocycles. The molecule has 0 aromatic heterocycles. The average molecular weight is 516 g/mol. The van der Waals surface area contributed by atoms with Gasteiger partial charge < -0.3 is 43.4 Å². The minimum absolute atomic E-state index is 0.0450. The van der Waals surface area contributed by atoms with Crippen LogP contribution < -0.4 is 33.2 Å². The number of nitrogens with zero attached hydrogens (tertiary/aromatic N) is 1. The van der Waals surface area contributed by atoms with Crippen LogP contribution in [0.4, 0.5) is 0 Å². The molecule has 5 unspecified atom stereocenters. The molecular weight excluding hydrogens is 474 g/mol. The van der Waals surface area contributed by atoms with Gasteiger partial charge in [0.05, 0.1) is 6.04 Å². The highest BCUT2D eigenvalue weighted by atomic mass is 16.4. The molecule has 0 saturated heterocycles. The normalized spacial score (nSPS) is 15.1. The van der Waals surface area contributed by atoms with E-state index in [9.17, 15) is 29.1 Å². The number of aliphatic carboxylic acids is 2. The number of guanidine groups is 1. The maximum Gasteiger partial charge on any atom is 0.326 e. The van der Waals surface area contributed by atoms with Gasteiger partial charge in [0.2, 0.25) is 17.7 Å². The third kappa shape index (κ3) is 12.3. The fourth-order valence-corrected chi connectivity index (χ4v) is 3.09. The quantitative estimate of drug-likeness (QED) is 0.0630. The van der Waals surface area contributed by atoms with Crippen molar-refractivity contribution in [3.05, 3.63) is 0 Å². The lowest BCUT2D eigenvalue weighted by atomic mass is 9.96. The summed E-state index contributed by atoms with van der Waals surface area (Å²) in [6.07, 6.45) is 0.157. The first kappa shape index (κ1) is 32.6. The van der Waals surface area contributed by atoms with Gasteiger partial charge >= 0.3 is 11.9 Å². The number of nitrogens with two attached hydrogens (primary N) is 3. The van der Waals surface area contributed by atoms with Gasteiger partial charge in [-0.05, 0) is 31.1 Å². The number of carboxylic acids is 2. The van der Waals surface area contributed by atoms with Gasteiger partial charge in [-0.3, -0.25) is 24.2 Å². The van der Waals surface area contributed by atoms with Crippen molar-refractivity contribution in [3.63, 3.8) is 0 Å². The van der Waals surface area contributed by atoms with E-state index in [0.29, 0.717) is 6.42 Å². The number of carbonyl (C=O) groups is 5. The van der Waals surface area contributed by atoms with Gasteiger partial charge in [0.25, 0.3) is 0 Å². The van der Waals surface area contributed by atoms with E-state index < -0.39 is 66.2 Å². The van der Waals surface area contributed by atoms with Crippen molar-refractivity contribution in [1.82, 2.24) is 16.0 Å². The van der Waals surface area contributed by atoms with Crippen molar-refractivity contribution in [2.24, 2.45) is 34.0 Å². The second-order valence-electron chi connectivity index (χ2n) is 8.98. The number of carbonyl (C=O) groups excluding carboxylic acids is 3. The van der Waals surface area contributed by atoms with Gasteiger partial charge in [-0.25, -0.2) is 4.79 Å². The van der Waals surface area contributed by atoms with Crippen LogP contribution in [0.25, 0.3) is 0 Å². The van der Waals surface area contributed by atoms with Crippen molar-refractivity contribution in [2.75, 3.05) is 6.54 Å². The topological polar surface area (TPSA) is 252 Å². The molecule has 0 aliphatic heterocycles. The van der Waals surface area contributed by atoms with Crippen LogP contribution in [-0.4, -0.2) is 76.5 Å². The van der Waals surface area contributed by atoms with Crippen LogP contribution in [0.3, 0.4) is 0 Å². The molecule has 0 aliphatic rings. The van der Waals surface area contributed by atoms with Crippen LogP contribution in [0.15, 0.2) is 4.99 Å². The summed E-state index contributed by atoms with van der Waals surface area (Å²) in [5.74, 6) is -5.34. The molecule has 5 atom stereocenters. The zero-order chi connectivity index (χ0) is 28.0. The first-order valence-corrected chi connectivity index (χ1v) is 11.9. The Labute approximate surface area is 210 Å². The molecule has 0 saturated carbocycles. The molecule has 0 aromatic rings. The van der Waals surface area contributed by atoms with Gasteiger partial charge in [0, 0.05) is 13.0 Å².